The lowest BCUT2D eigenvalue weighted by Gasteiger charge is -2.37. The van der Waals surface area contributed by atoms with Gasteiger partial charge in [-0.1, -0.05) is 6.07 Å². The maximum Gasteiger partial charge on any atom is 0.170 e. The quantitative estimate of drug-likeness (QED) is 0.804. The summed E-state index contributed by atoms with van der Waals surface area (Å²) in [6.07, 6.45) is 1.64. The molecular formula is C18H19N3O3. The predicted octanol–water partition coefficient (Wildman–Crippen LogP) is 2.38. The molecule has 0 aliphatic carbocycles. The minimum absolute atomic E-state index is 0.0962. The molecule has 0 spiro atoms. The number of hydrogen-bond acceptors (Lipinski definition) is 6. The Morgan fingerprint density at radius 1 is 1.00 bits per heavy atom. The van der Waals surface area contributed by atoms with Gasteiger partial charge in [0.15, 0.2) is 12.6 Å². The molecule has 124 valence electrons. The van der Waals surface area contributed by atoms with Crippen molar-refractivity contribution in [3.63, 3.8) is 0 Å². The van der Waals surface area contributed by atoms with Gasteiger partial charge < -0.3 is 9.64 Å². The first-order valence-electron chi connectivity index (χ1n) is 7.90. The molecule has 0 aromatic carbocycles. The number of carbonyl (C=O) groups is 2. The van der Waals surface area contributed by atoms with E-state index in [0.717, 1.165) is 12.0 Å². The molecule has 2 atom stereocenters. The highest BCUT2D eigenvalue weighted by Gasteiger charge is 2.24. The molecule has 3 heterocycles. The van der Waals surface area contributed by atoms with E-state index in [-0.39, 0.29) is 12.2 Å². The number of aldehydes is 2. The highest BCUT2D eigenvalue weighted by Crippen LogP contribution is 2.25. The van der Waals surface area contributed by atoms with Gasteiger partial charge in [-0.05, 0) is 38.1 Å². The topological polar surface area (TPSA) is 72.4 Å². The third-order valence-electron chi connectivity index (χ3n) is 3.93. The van der Waals surface area contributed by atoms with E-state index in [2.05, 4.69) is 14.9 Å². The van der Waals surface area contributed by atoms with Crippen molar-refractivity contribution in [1.29, 1.82) is 0 Å². The highest BCUT2D eigenvalue weighted by atomic mass is 16.5. The van der Waals surface area contributed by atoms with Gasteiger partial charge in [0, 0.05) is 13.1 Å². The lowest BCUT2D eigenvalue weighted by molar-refractivity contribution is -0.00527. The number of anilines is 1. The van der Waals surface area contributed by atoms with E-state index in [1.54, 1.807) is 18.2 Å². The lowest BCUT2D eigenvalue weighted by atomic mass is 10.1. The largest absolute Gasteiger partial charge is 0.372 e. The van der Waals surface area contributed by atoms with Gasteiger partial charge in [-0.3, -0.25) is 9.59 Å². The van der Waals surface area contributed by atoms with Crippen molar-refractivity contribution in [2.45, 2.75) is 26.1 Å². The van der Waals surface area contributed by atoms with E-state index >= 15 is 0 Å². The maximum absolute atomic E-state index is 11.5. The molecular weight excluding hydrogens is 306 g/mol. The van der Waals surface area contributed by atoms with Crippen LogP contribution in [0.1, 0.15) is 34.8 Å². The minimum atomic E-state index is 0.0962. The summed E-state index contributed by atoms with van der Waals surface area (Å²) in [5.74, 6) is 0. The van der Waals surface area contributed by atoms with Crippen LogP contribution in [0, 0.1) is 0 Å². The molecule has 2 unspecified atom stereocenters. The lowest BCUT2D eigenvalue weighted by Crippen LogP contribution is -2.45. The SMILES string of the molecule is CC1CN(c2ccc(-c3cccc(C=O)n3)nc2C=O)CC(C)O1. The molecule has 0 radical (unpaired) electrons. The molecule has 1 aliphatic rings. The Balaban J connectivity index is 1.96. The molecule has 6 heteroatoms. The molecule has 0 saturated carbocycles. The summed E-state index contributed by atoms with van der Waals surface area (Å²) in [6.45, 7) is 5.45. The predicted molar refractivity (Wildman–Crippen MR) is 90.5 cm³/mol. The summed E-state index contributed by atoms with van der Waals surface area (Å²) in [5.41, 5.74) is 2.63. The normalized spacial score (nSPS) is 20.7. The zero-order valence-corrected chi connectivity index (χ0v) is 13.7. The number of pyridine rings is 2. The maximum atomic E-state index is 11.5. The van der Waals surface area contributed by atoms with Crippen LogP contribution in [-0.2, 0) is 4.74 Å². The summed E-state index contributed by atoms with van der Waals surface area (Å²) in [4.78, 5) is 33.2. The van der Waals surface area contributed by atoms with Crippen molar-refractivity contribution in [3.05, 3.63) is 41.7 Å². The van der Waals surface area contributed by atoms with Crippen LogP contribution in [0.2, 0.25) is 0 Å². The number of ether oxygens (including phenoxy) is 1. The molecule has 3 rings (SSSR count). The molecule has 0 amide bonds. The first kappa shape index (κ1) is 16.3. The van der Waals surface area contributed by atoms with Gasteiger partial charge in [0.2, 0.25) is 0 Å². The molecule has 6 nitrogen and oxygen atoms in total. The smallest absolute Gasteiger partial charge is 0.170 e. The Morgan fingerprint density at radius 3 is 2.38 bits per heavy atom. The first-order valence-corrected chi connectivity index (χ1v) is 7.90. The second-order valence-electron chi connectivity index (χ2n) is 5.95. The number of rotatable bonds is 4. The molecule has 1 saturated heterocycles. The van der Waals surface area contributed by atoms with Gasteiger partial charge in [0.05, 0.1) is 29.3 Å². The fourth-order valence-corrected chi connectivity index (χ4v) is 3.00. The van der Waals surface area contributed by atoms with Crippen molar-refractivity contribution in [2.24, 2.45) is 0 Å². The molecule has 2 aromatic rings. The molecule has 1 fully saturated rings. The summed E-state index contributed by atoms with van der Waals surface area (Å²) < 4.78 is 5.74. The van der Waals surface area contributed by atoms with Crippen LogP contribution < -0.4 is 4.90 Å². The Hall–Kier alpha value is -2.60. The van der Waals surface area contributed by atoms with Gasteiger partial charge in [-0.2, -0.15) is 0 Å². The third-order valence-corrected chi connectivity index (χ3v) is 3.93. The molecule has 1 aliphatic heterocycles. The van der Waals surface area contributed by atoms with Crippen molar-refractivity contribution < 1.29 is 14.3 Å². The fraction of sp³-hybridized carbons (Fsp3) is 0.333. The Bertz CT molecular complexity index is 753. The molecule has 2 aromatic heterocycles. The third kappa shape index (κ3) is 3.33. The fourth-order valence-electron chi connectivity index (χ4n) is 3.00. The van der Waals surface area contributed by atoms with E-state index < -0.39 is 0 Å². The summed E-state index contributed by atoms with van der Waals surface area (Å²) in [6, 6.07) is 8.84. The van der Waals surface area contributed by atoms with E-state index in [1.165, 1.54) is 0 Å². The summed E-state index contributed by atoms with van der Waals surface area (Å²) in [5, 5.41) is 0. The number of nitrogens with zero attached hydrogens (tertiary/aromatic N) is 3. The monoisotopic (exact) mass is 325 g/mol. The van der Waals surface area contributed by atoms with Crippen molar-refractivity contribution in [1.82, 2.24) is 9.97 Å². The molecule has 0 bridgehead atoms. The Morgan fingerprint density at radius 2 is 1.71 bits per heavy atom. The zero-order chi connectivity index (χ0) is 17.1. The zero-order valence-electron chi connectivity index (χ0n) is 13.7. The van der Waals surface area contributed by atoms with Crippen molar-refractivity contribution >= 4 is 18.3 Å². The number of hydrogen-bond donors (Lipinski definition) is 0. The van der Waals surface area contributed by atoms with Crippen LogP contribution in [0.4, 0.5) is 5.69 Å². The average Bonchev–Trinajstić information content (AvgIpc) is 2.60. The van der Waals surface area contributed by atoms with E-state index in [1.807, 2.05) is 26.0 Å². The van der Waals surface area contributed by atoms with Crippen molar-refractivity contribution in [2.75, 3.05) is 18.0 Å². The average molecular weight is 325 g/mol. The van der Waals surface area contributed by atoms with Crippen LogP contribution >= 0.6 is 0 Å². The van der Waals surface area contributed by atoms with Gasteiger partial charge in [-0.25, -0.2) is 9.97 Å². The number of carbonyl (C=O) groups excluding carboxylic acids is 2. The van der Waals surface area contributed by atoms with Gasteiger partial charge in [0.25, 0.3) is 0 Å². The minimum Gasteiger partial charge on any atom is -0.372 e. The van der Waals surface area contributed by atoms with Crippen LogP contribution in [0.3, 0.4) is 0 Å². The number of morpholine rings is 1. The Labute approximate surface area is 140 Å². The van der Waals surface area contributed by atoms with E-state index in [4.69, 9.17) is 4.74 Å². The summed E-state index contributed by atoms with van der Waals surface area (Å²) in [7, 11) is 0. The highest BCUT2D eigenvalue weighted by molar-refractivity contribution is 5.83. The van der Waals surface area contributed by atoms with E-state index in [9.17, 15) is 9.59 Å². The number of aromatic nitrogens is 2. The van der Waals surface area contributed by atoms with Crippen molar-refractivity contribution in [3.8, 4) is 11.4 Å². The van der Waals surface area contributed by atoms with Crippen LogP contribution in [0.5, 0.6) is 0 Å². The van der Waals surface area contributed by atoms with Gasteiger partial charge >= 0.3 is 0 Å². The van der Waals surface area contributed by atoms with Crippen LogP contribution in [-0.4, -0.2) is 47.8 Å². The summed E-state index contributed by atoms with van der Waals surface area (Å²) >= 11 is 0. The second-order valence-corrected chi connectivity index (χ2v) is 5.95. The van der Waals surface area contributed by atoms with E-state index in [0.29, 0.717) is 42.2 Å². The standard InChI is InChI=1S/C18H19N3O3/c1-12-8-21(9-13(2)24-12)18-7-6-16(20-17(18)11-23)15-5-3-4-14(10-22)19-15/h3-7,10-13H,8-9H2,1-2H3. The molecule has 24 heavy (non-hydrogen) atoms. The van der Waals surface area contributed by atoms with Gasteiger partial charge in [0.1, 0.15) is 11.4 Å². The Kier molecular flexibility index (Phi) is 4.66. The molecule has 0 N–H and O–H groups in total. The van der Waals surface area contributed by atoms with Gasteiger partial charge in [-0.15, -0.1) is 0 Å². The first-order chi connectivity index (χ1) is 11.6. The second kappa shape index (κ2) is 6.88. The van der Waals surface area contributed by atoms with Crippen LogP contribution in [0.15, 0.2) is 30.3 Å². The van der Waals surface area contributed by atoms with Crippen LogP contribution in [0.25, 0.3) is 11.4 Å².